The molecule has 2 heterocycles. The Morgan fingerprint density at radius 1 is 1.15 bits per heavy atom. The largest absolute Gasteiger partial charge is 0.423 e. The van der Waals surface area contributed by atoms with Crippen molar-refractivity contribution in [2.45, 2.75) is 13.3 Å². The van der Waals surface area contributed by atoms with E-state index in [1.165, 1.54) is 12.0 Å². The number of aromatic nitrogens is 3. The van der Waals surface area contributed by atoms with Crippen molar-refractivity contribution in [1.29, 1.82) is 0 Å². The first-order valence-electron chi connectivity index (χ1n) is 8.35. The van der Waals surface area contributed by atoms with Gasteiger partial charge in [0.15, 0.2) is 0 Å². The number of thiazole rings is 1. The Labute approximate surface area is 159 Å². The summed E-state index contributed by atoms with van der Waals surface area (Å²) in [4.78, 5) is 17.0. The topological polar surface area (TPSA) is 80.9 Å². The van der Waals surface area contributed by atoms with Crippen molar-refractivity contribution in [2.75, 3.05) is 5.32 Å². The van der Waals surface area contributed by atoms with Crippen LogP contribution >= 0.6 is 11.3 Å². The standard InChI is InChI=1S/C20H16N4O2S/c1-13-4-2-6-15(8-13)20-23-17(11-27-20)10-18(25)22-16-7-3-5-14(9-16)19-24-21-12-26-19/h2-9,11-12H,10H2,1H3,(H,22,25). The summed E-state index contributed by atoms with van der Waals surface area (Å²) in [6, 6.07) is 15.5. The molecule has 0 fully saturated rings. The molecule has 0 aliphatic rings. The van der Waals surface area contributed by atoms with Crippen LogP contribution in [0.2, 0.25) is 0 Å². The maximum absolute atomic E-state index is 12.4. The van der Waals surface area contributed by atoms with Gasteiger partial charge in [0.25, 0.3) is 0 Å². The summed E-state index contributed by atoms with van der Waals surface area (Å²) < 4.78 is 5.18. The number of carbonyl (C=O) groups excluding carboxylic acids is 1. The van der Waals surface area contributed by atoms with Crippen molar-refractivity contribution in [3.05, 3.63) is 71.6 Å². The third-order valence-corrected chi connectivity index (χ3v) is 4.85. The highest BCUT2D eigenvalue weighted by molar-refractivity contribution is 7.13. The lowest BCUT2D eigenvalue weighted by atomic mass is 10.1. The third kappa shape index (κ3) is 4.09. The molecule has 0 radical (unpaired) electrons. The molecule has 134 valence electrons. The zero-order valence-electron chi connectivity index (χ0n) is 14.5. The average Bonchev–Trinajstić information content (AvgIpc) is 3.34. The molecule has 2 aromatic heterocycles. The first-order chi connectivity index (χ1) is 13.2. The zero-order chi connectivity index (χ0) is 18.6. The van der Waals surface area contributed by atoms with Crippen LogP contribution in [0.3, 0.4) is 0 Å². The van der Waals surface area contributed by atoms with Gasteiger partial charge in [-0.2, -0.15) is 0 Å². The highest BCUT2D eigenvalue weighted by Gasteiger charge is 2.11. The second kappa shape index (κ2) is 7.51. The lowest BCUT2D eigenvalue weighted by molar-refractivity contribution is -0.115. The van der Waals surface area contributed by atoms with E-state index >= 15 is 0 Å². The summed E-state index contributed by atoms with van der Waals surface area (Å²) >= 11 is 1.54. The maximum Gasteiger partial charge on any atom is 0.247 e. The van der Waals surface area contributed by atoms with Gasteiger partial charge >= 0.3 is 0 Å². The number of amides is 1. The van der Waals surface area contributed by atoms with E-state index in [1.807, 2.05) is 48.7 Å². The van der Waals surface area contributed by atoms with Crippen molar-refractivity contribution in [3.8, 4) is 22.0 Å². The van der Waals surface area contributed by atoms with Gasteiger partial charge in [0.2, 0.25) is 18.2 Å². The SMILES string of the molecule is Cc1cccc(-c2nc(CC(=O)Nc3cccc(-c4nnco4)c3)cs2)c1. The first kappa shape index (κ1) is 17.1. The van der Waals surface area contributed by atoms with Crippen molar-refractivity contribution in [3.63, 3.8) is 0 Å². The van der Waals surface area contributed by atoms with Gasteiger partial charge < -0.3 is 9.73 Å². The minimum Gasteiger partial charge on any atom is -0.423 e. The highest BCUT2D eigenvalue weighted by Crippen LogP contribution is 2.25. The van der Waals surface area contributed by atoms with Gasteiger partial charge in [0.1, 0.15) is 5.01 Å². The van der Waals surface area contributed by atoms with Crippen LogP contribution < -0.4 is 5.32 Å². The molecule has 0 saturated heterocycles. The number of nitrogens with zero attached hydrogens (tertiary/aromatic N) is 3. The minimum atomic E-state index is -0.126. The summed E-state index contributed by atoms with van der Waals surface area (Å²) in [6.45, 7) is 2.05. The van der Waals surface area contributed by atoms with Gasteiger partial charge in [0, 0.05) is 22.2 Å². The monoisotopic (exact) mass is 376 g/mol. The smallest absolute Gasteiger partial charge is 0.247 e. The molecule has 6 nitrogen and oxygen atoms in total. The fourth-order valence-electron chi connectivity index (χ4n) is 2.70. The van der Waals surface area contributed by atoms with Crippen LogP contribution in [-0.2, 0) is 11.2 Å². The van der Waals surface area contributed by atoms with Crippen molar-refractivity contribution in [1.82, 2.24) is 15.2 Å². The molecule has 0 unspecified atom stereocenters. The van der Waals surface area contributed by atoms with E-state index in [1.54, 1.807) is 17.4 Å². The van der Waals surface area contributed by atoms with Crippen molar-refractivity contribution >= 4 is 22.9 Å². The summed E-state index contributed by atoms with van der Waals surface area (Å²) in [5.41, 5.74) is 4.43. The van der Waals surface area contributed by atoms with Crippen LogP contribution in [0, 0.1) is 6.92 Å². The molecular weight excluding hydrogens is 360 g/mol. The van der Waals surface area contributed by atoms with Crippen LogP contribution in [0.1, 0.15) is 11.3 Å². The van der Waals surface area contributed by atoms with Crippen LogP contribution in [-0.4, -0.2) is 21.1 Å². The van der Waals surface area contributed by atoms with E-state index in [0.29, 0.717) is 11.6 Å². The van der Waals surface area contributed by atoms with E-state index in [2.05, 4.69) is 26.6 Å². The van der Waals surface area contributed by atoms with E-state index in [0.717, 1.165) is 21.8 Å². The summed E-state index contributed by atoms with van der Waals surface area (Å²) in [5, 5.41) is 13.3. The summed E-state index contributed by atoms with van der Waals surface area (Å²) in [7, 11) is 0. The Bertz CT molecular complexity index is 1070. The normalized spacial score (nSPS) is 10.7. The van der Waals surface area contributed by atoms with Gasteiger partial charge in [-0.3, -0.25) is 4.79 Å². The van der Waals surface area contributed by atoms with E-state index in [9.17, 15) is 4.79 Å². The lowest BCUT2D eigenvalue weighted by Gasteiger charge is -2.05. The van der Waals surface area contributed by atoms with Gasteiger partial charge in [-0.25, -0.2) is 4.98 Å². The molecule has 7 heteroatoms. The van der Waals surface area contributed by atoms with Crippen LogP contribution in [0.5, 0.6) is 0 Å². The highest BCUT2D eigenvalue weighted by atomic mass is 32.1. The zero-order valence-corrected chi connectivity index (χ0v) is 15.4. The molecule has 0 saturated carbocycles. The average molecular weight is 376 g/mol. The van der Waals surface area contributed by atoms with Crippen LogP contribution in [0.4, 0.5) is 5.69 Å². The Kier molecular flexibility index (Phi) is 4.76. The molecule has 0 aliphatic heterocycles. The second-order valence-corrected chi connectivity index (χ2v) is 6.92. The summed E-state index contributed by atoms with van der Waals surface area (Å²) in [6.07, 6.45) is 1.49. The van der Waals surface area contributed by atoms with E-state index in [4.69, 9.17) is 4.42 Å². The van der Waals surface area contributed by atoms with Crippen LogP contribution in [0.15, 0.2) is 64.7 Å². The van der Waals surface area contributed by atoms with Gasteiger partial charge in [0.05, 0.1) is 12.1 Å². The number of carbonyl (C=O) groups is 1. The lowest BCUT2D eigenvalue weighted by Crippen LogP contribution is -2.14. The van der Waals surface area contributed by atoms with Crippen molar-refractivity contribution in [2.24, 2.45) is 0 Å². The molecule has 1 N–H and O–H groups in total. The van der Waals surface area contributed by atoms with Crippen molar-refractivity contribution < 1.29 is 9.21 Å². The molecule has 0 spiro atoms. The number of anilines is 1. The maximum atomic E-state index is 12.4. The quantitative estimate of drug-likeness (QED) is 0.560. The third-order valence-electron chi connectivity index (χ3n) is 3.91. The predicted octanol–water partition coefficient (Wildman–Crippen LogP) is 4.35. The first-order valence-corrected chi connectivity index (χ1v) is 9.23. The molecule has 0 atom stereocenters. The summed E-state index contributed by atoms with van der Waals surface area (Å²) in [5.74, 6) is 0.284. The molecule has 1 amide bonds. The van der Waals surface area contributed by atoms with E-state index in [-0.39, 0.29) is 12.3 Å². The van der Waals surface area contributed by atoms with Gasteiger partial charge in [-0.05, 0) is 31.2 Å². The Morgan fingerprint density at radius 2 is 2.00 bits per heavy atom. The molecule has 0 bridgehead atoms. The molecule has 0 aliphatic carbocycles. The Hall–Kier alpha value is -3.32. The van der Waals surface area contributed by atoms with Gasteiger partial charge in [-0.15, -0.1) is 21.5 Å². The fraction of sp³-hybridized carbons (Fsp3) is 0.100. The molecule has 4 aromatic rings. The van der Waals surface area contributed by atoms with Gasteiger partial charge in [-0.1, -0.05) is 29.8 Å². The molecular formula is C20H16N4O2S. The Morgan fingerprint density at radius 3 is 2.81 bits per heavy atom. The Balaban J connectivity index is 1.44. The number of nitrogens with one attached hydrogen (secondary N) is 1. The minimum absolute atomic E-state index is 0.126. The molecule has 2 aromatic carbocycles. The molecule has 27 heavy (non-hydrogen) atoms. The number of benzene rings is 2. The van der Waals surface area contributed by atoms with Crippen LogP contribution in [0.25, 0.3) is 22.0 Å². The van der Waals surface area contributed by atoms with E-state index < -0.39 is 0 Å². The number of hydrogen-bond acceptors (Lipinski definition) is 6. The second-order valence-electron chi connectivity index (χ2n) is 6.06. The number of aryl methyl sites for hydroxylation is 1. The number of hydrogen-bond donors (Lipinski definition) is 1. The molecule has 4 rings (SSSR count). The fourth-order valence-corrected chi connectivity index (χ4v) is 3.51. The predicted molar refractivity (Wildman–Crippen MR) is 104 cm³/mol. The number of rotatable bonds is 5.